The van der Waals surface area contributed by atoms with Crippen molar-refractivity contribution in [2.75, 3.05) is 32.7 Å². The smallest absolute Gasteiger partial charge is 0.307 e. The zero-order valence-electron chi connectivity index (χ0n) is 19.1. The zero-order chi connectivity index (χ0) is 24.4. The van der Waals surface area contributed by atoms with E-state index in [0.717, 1.165) is 33.6 Å². The van der Waals surface area contributed by atoms with Gasteiger partial charge in [0.05, 0.1) is 6.42 Å². The molecule has 2 aliphatic heterocycles. The Morgan fingerprint density at radius 2 is 1.83 bits per heavy atom. The molecule has 0 amide bonds. The van der Waals surface area contributed by atoms with Gasteiger partial charge in [0.15, 0.2) is 0 Å². The molecular weight excluding hydrogens is 484 g/mol. The molecular formula is C26H26N2O5S2. The van der Waals surface area contributed by atoms with Gasteiger partial charge in [0.25, 0.3) is 10.0 Å². The molecule has 7 nitrogen and oxygen atoms in total. The van der Waals surface area contributed by atoms with Crippen LogP contribution in [-0.2, 0) is 27.8 Å². The summed E-state index contributed by atoms with van der Waals surface area (Å²) in [5.74, 6) is -0.144. The predicted octanol–water partition coefficient (Wildman–Crippen LogP) is 3.71. The summed E-state index contributed by atoms with van der Waals surface area (Å²) in [6.45, 7) is 3.26. The fourth-order valence-electron chi connectivity index (χ4n) is 4.54. The highest BCUT2D eigenvalue weighted by molar-refractivity contribution is 7.91. The van der Waals surface area contributed by atoms with Crippen LogP contribution in [0.2, 0.25) is 0 Å². The molecule has 1 fully saturated rings. The molecule has 182 valence electrons. The van der Waals surface area contributed by atoms with Gasteiger partial charge < -0.3 is 9.84 Å². The Balaban J connectivity index is 1.39. The highest BCUT2D eigenvalue weighted by atomic mass is 32.2. The molecule has 0 aliphatic carbocycles. The third-order valence-electron chi connectivity index (χ3n) is 6.35. The van der Waals surface area contributed by atoms with Crippen molar-refractivity contribution in [3.8, 4) is 5.75 Å². The first-order valence-electron chi connectivity index (χ1n) is 11.4. The minimum atomic E-state index is -3.43. The number of piperazine rings is 1. The van der Waals surface area contributed by atoms with Gasteiger partial charge in [-0.1, -0.05) is 42.5 Å². The van der Waals surface area contributed by atoms with E-state index in [2.05, 4.69) is 17.0 Å². The number of hydrogen-bond donors (Lipinski definition) is 1. The van der Waals surface area contributed by atoms with Crippen LogP contribution >= 0.6 is 11.3 Å². The number of carboxylic acid groups (broad SMARTS) is 1. The Hall–Kier alpha value is -2.98. The van der Waals surface area contributed by atoms with Crippen LogP contribution in [0.15, 0.2) is 70.3 Å². The van der Waals surface area contributed by atoms with Crippen molar-refractivity contribution in [2.45, 2.75) is 17.2 Å². The number of nitrogens with zero attached hydrogens (tertiary/aromatic N) is 2. The monoisotopic (exact) mass is 510 g/mol. The number of carbonyl (C=O) groups is 1. The van der Waals surface area contributed by atoms with Crippen LogP contribution in [0.4, 0.5) is 0 Å². The molecule has 3 aromatic rings. The third kappa shape index (κ3) is 5.04. The maximum absolute atomic E-state index is 12.8. The fourth-order valence-corrected chi connectivity index (χ4v) is 7.10. The lowest BCUT2D eigenvalue weighted by molar-refractivity contribution is -0.136. The number of benzene rings is 2. The van der Waals surface area contributed by atoms with E-state index in [-0.39, 0.29) is 6.42 Å². The van der Waals surface area contributed by atoms with Gasteiger partial charge in [-0.2, -0.15) is 4.31 Å². The van der Waals surface area contributed by atoms with Gasteiger partial charge in [-0.25, -0.2) is 8.42 Å². The number of thiophene rings is 1. The number of rotatable bonds is 6. The van der Waals surface area contributed by atoms with Gasteiger partial charge in [-0.3, -0.25) is 9.69 Å². The van der Waals surface area contributed by atoms with Crippen molar-refractivity contribution in [3.63, 3.8) is 0 Å². The van der Waals surface area contributed by atoms with Gasteiger partial charge in [0, 0.05) is 38.3 Å². The predicted molar refractivity (Wildman–Crippen MR) is 135 cm³/mol. The van der Waals surface area contributed by atoms with E-state index in [0.29, 0.717) is 43.5 Å². The van der Waals surface area contributed by atoms with Crippen LogP contribution in [0.3, 0.4) is 0 Å². The second-order valence-corrected chi connectivity index (χ2v) is 11.7. The normalized spacial score (nSPS) is 17.9. The van der Waals surface area contributed by atoms with Crippen molar-refractivity contribution >= 4 is 32.9 Å². The summed E-state index contributed by atoms with van der Waals surface area (Å²) in [7, 11) is -3.43. The maximum Gasteiger partial charge on any atom is 0.307 e. The summed E-state index contributed by atoms with van der Waals surface area (Å²) in [6.07, 6.45) is 2.10. The molecule has 3 heterocycles. The van der Waals surface area contributed by atoms with E-state index < -0.39 is 16.0 Å². The van der Waals surface area contributed by atoms with Gasteiger partial charge >= 0.3 is 5.97 Å². The Labute approximate surface area is 208 Å². The lowest BCUT2D eigenvalue weighted by Gasteiger charge is -2.33. The summed E-state index contributed by atoms with van der Waals surface area (Å²) in [5, 5.41) is 11.0. The summed E-state index contributed by atoms with van der Waals surface area (Å²) < 4.78 is 33.7. The van der Waals surface area contributed by atoms with Gasteiger partial charge in [-0.05, 0) is 45.8 Å². The Morgan fingerprint density at radius 1 is 1.03 bits per heavy atom. The number of sulfonamides is 1. The van der Waals surface area contributed by atoms with E-state index in [1.165, 1.54) is 11.3 Å². The second-order valence-electron chi connectivity index (χ2n) is 8.60. The first-order chi connectivity index (χ1) is 16.9. The largest absolute Gasteiger partial charge is 0.488 e. The van der Waals surface area contributed by atoms with Gasteiger partial charge in [-0.15, -0.1) is 11.3 Å². The van der Waals surface area contributed by atoms with Crippen LogP contribution in [0, 0.1) is 0 Å². The molecule has 5 rings (SSSR count). The molecule has 9 heteroatoms. The van der Waals surface area contributed by atoms with E-state index in [9.17, 15) is 18.3 Å². The highest BCUT2D eigenvalue weighted by Gasteiger charge is 2.29. The van der Waals surface area contributed by atoms with Crippen molar-refractivity contribution in [3.05, 3.63) is 88.3 Å². The first kappa shape index (κ1) is 23.7. The molecule has 2 aromatic carbocycles. The molecule has 1 N–H and O–H groups in total. The summed E-state index contributed by atoms with van der Waals surface area (Å²) in [5.41, 5.74) is 4.75. The lowest BCUT2D eigenvalue weighted by Crippen LogP contribution is -2.48. The molecule has 0 atom stereocenters. The van der Waals surface area contributed by atoms with Crippen molar-refractivity contribution in [2.24, 2.45) is 0 Å². The van der Waals surface area contributed by atoms with Crippen LogP contribution in [-0.4, -0.2) is 61.4 Å². The minimum absolute atomic E-state index is 0.0527. The number of aliphatic carboxylic acids is 1. The molecule has 2 aliphatic rings. The Bertz CT molecular complexity index is 1360. The molecule has 0 unspecified atom stereocenters. The number of ether oxygens (including phenoxy) is 1. The van der Waals surface area contributed by atoms with Crippen LogP contribution in [0.5, 0.6) is 5.75 Å². The first-order valence-corrected chi connectivity index (χ1v) is 13.8. The van der Waals surface area contributed by atoms with E-state index >= 15 is 0 Å². The zero-order valence-corrected chi connectivity index (χ0v) is 20.7. The number of hydrogen-bond acceptors (Lipinski definition) is 6. The molecule has 0 saturated carbocycles. The van der Waals surface area contributed by atoms with Crippen LogP contribution < -0.4 is 4.74 Å². The van der Waals surface area contributed by atoms with Crippen LogP contribution in [0.25, 0.3) is 5.57 Å². The molecule has 1 saturated heterocycles. The number of carboxylic acids is 1. The molecule has 0 spiro atoms. The summed E-state index contributed by atoms with van der Waals surface area (Å²) in [4.78, 5) is 13.5. The Kier molecular flexibility index (Phi) is 6.75. The topological polar surface area (TPSA) is 87.2 Å². The summed E-state index contributed by atoms with van der Waals surface area (Å²) in [6, 6.07) is 17.0. The fraction of sp³-hybridized carbons (Fsp3) is 0.269. The lowest BCUT2D eigenvalue weighted by atomic mass is 9.92. The van der Waals surface area contributed by atoms with Crippen LogP contribution in [0.1, 0.15) is 22.3 Å². The average molecular weight is 511 g/mol. The van der Waals surface area contributed by atoms with E-state index in [1.54, 1.807) is 27.9 Å². The van der Waals surface area contributed by atoms with E-state index in [4.69, 9.17) is 4.74 Å². The molecule has 0 bridgehead atoms. The highest BCUT2D eigenvalue weighted by Crippen LogP contribution is 2.37. The van der Waals surface area contributed by atoms with E-state index in [1.807, 2.05) is 30.3 Å². The number of fused-ring (bicyclic) bond motifs is 2. The third-order valence-corrected chi connectivity index (χ3v) is 9.63. The van der Waals surface area contributed by atoms with Crippen molar-refractivity contribution < 1.29 is 23.1 Å². The molecule has 35 heavy (non-hydrogen) atoms. The summed E-state index contributed by atoms with van der Waals surface area (Å²) >= 11 is 1.25. The minimum Gasteiger partial charge on any atom is -0.488 e. The van der Waals surface area contributed by atoms with Crippen molar-refractivity contribution in [1.82, 2.24) is 9.21 Å². The van der Waals surface area contributed by atoms with Crippen molar-refractivity contribution in [1.29, 1.82) is 0 Å². The van der Waals surface area contributed by atoms with Gasteiger partial charge in [0.1, 0.15) is 16.6 Å². The SMILES string of the molecule is O=C(O)Cc1ccc2c(c1)C(=CCN1CCN(S(=O)(=O)c3cccs3)CC1)c1ccccc1CO2. The maximum atomic E-state index is 12.8. The average Bonchev–Trinajstić information content (AvgIpc) is 3.35. The molecule has 0 radical (unpaired) electrons. The Morgan fingerprint density at radius 3 is 2.57 bits per heavy atom. The molecule has 1 aromatic heterocycles. The standard InChI is InChI=1S/C26H26N2O5S2/c29-25(30)17-19-7-8-24-23(16-19)22(21-5-2-1-4-20(21)18-33-24)9-10-27-11-13-28(14-12-27)35(31,32)26-6-3-15-34-26/h1-9,15-16H,10-14,17-18H2,(H,29,30). The quantitative estimate of drug-likeness (QED) is 0.544. The second kappa shape index (κ2) is 9.94. The van der Waals surface area contributed by atoms with Gasteiger partial charge in [0.2, 0.25) is 0 Å².